The summed E-state index contributed by atoms with van der Waals surface area (Å²) < 4.78 is 44.7. The molecule has 1 aliphatic carbocycles. The Morgan fingerprint density at radius 2 is 1.10 bits per heavy atom. The lowest BCUT2D eigenvalue weighted by atomic mass is 9.83. The van der Waals surface area contributed by atoms with Crippen molar-refractivity contribution in [2.75, 3.05) is 26.4 Å². The summed E-state index contributed by atoms with van der Waals surface area (Å²) >= 11 is 0. The molecule has 2 aliphatic rings. The van der Waals surface area contributed by atoms with Gasteiger partial charge in [-0.1, -0.05) is 57.5 Å². The number of carbonyl (C=O) groups excluding carboxylic acids is 5. The third-order valence-electron chi connectivity index (χ3n) is 10.5. The summed E-state index contributed by atoms with van der Waals surface area (Å²) in [6.45, 7) is 8.68. The molecule has 2 atom stereocenters. The Bertz CT molecular complexity index is 1830. The van der Waals surface area contributed by atoms with Crippen LogP contribution in [0.3, 0.4) is 0 Å². The van der Waals surface area contributed by atoms with Gasteiger partial charge < -0.3 is 37.9 Å². The summed E-state index contributed by atoms with van der Waals surface area (Å²) in [5, 5.41) is 0. The summed E-state index contributed by atoms with van der Waals surface area (Å²) in [7, 11) is 0. The monoisotopic (exact) mass is 842 g/mol. The first-order chi connectivity index (χ1) is 29.7. The van der Waals surface area contributed by atoms with E-state index in [-0.39, 0.29) is 25.2 Å². The number of benzene rings is 3. The molecule has 2 fully saturated rings. The molecule has 13 nitrogen and oxygen atoms in total. The van der Waals surface area contributed by atoms with Crippen molar-refractivity contribution < 1.29 is 61.9 Å². The van der Waals surface area contributed by atoms with Gasteiger partial charge in [0, 0.05) is 11.6 Å². The predicted octanol–water partition coefficient (Wildman–Crippen LogP) is 8.93. The molecule has 3 aromatic carbocycles. The predicted molar refractivity (Wildman–Crippen MR) is 224 cm³/mol. The maximum Gasteiger partial charge on any atom is 0.343 e. The van der Waals surface area contributed by atoms with E-state index in [1.165, 1.54) is 0 Å². The molecule has 0 N–H and O–H groups in total. The number of rotatable bonds is 23. The van der Waals surface area contributed by atoms with Crippen molar-refractivity contribution in [3.63, 3.8) is 0 Å². The van der Waals surface area contributed by atoms with Crippen LogP contribution in [0.1, 0.15) is 135 Å². The zero-order valence-corrected chi connectivity index (χ0v) is 35.2. The highest BCUT2D eigenvalue weighted by atomic mass is 16.8. The van der Waals surface area contributed by atoms with E-state index in [0.717, 1.165) is 63.0 Å². The molecule has 3 aromatic rings. The van der Waals surface area contributed by atoms with Crippen LogP contribution in [0.2, 0.25) is 0 Å². The Balaban J connectivity index is 1.02. The molecule has 0 amide bonds. The van der Waals surface area contributed by atoms with Gasteiger partial charge in [-0.05, 0) is 124 Å². The van der Waals surface area contributed by atoms with Gasteiger partial charge in [-0.15, -0.1) is 0 Å². The number of hydrogen-bond acceptors (Lipinski definition) is 13. The van der Waals surface area contributed by atoms with E-state index in [4.69, 9.17) is 37.9 Å². The summed E-state index contributed by atoms with van der Waals surface area (Å²) in [6, 6.07) is 20.9. The van der Waals surface area contributed by atoms with Gasteiger partial charge >= 0.3 is 29.8 Å². The van der Waals surface area contributed by atoms with E-state index < -0.39 is 48.3 Å². The van der Waals surface area contributed by atoms with Gasteiger partial charge in [-0.25, -0.2) is 24.0 Å². The van der Waals surface area contributed by atoms with Crippen LogP contribution in [0.25, 0.3) is 0 Å². The van der Waals surface area contributed by atoms with Gasteiger partial charge in [0.25, 0.3) is 0 Å². The zero-order chi connectivity index (χ0) is 43.4. The largest absolute Gasteiger partial charge is 0.494 e. The summed E-state index contributed by atoms with van der Waals surface area (Å²) in [6.07, 6.45) is 7.00. The minimum atomic E-state index is -1.27. The molecule has 0 spiro atoms. The molecule has 328 valence electrons. The normalized spacial score (nSPS) is 18.7. The lowest BCUT2D eigenvalue weighted by molar-refractivity contribution is -0.163. The van der Waals surface area contributed by atoms with Crippen LogP contribution in [0.5, 0.6) is 11.5 Å². The van der Waals surface area contributed by atoms with E-state index in [9.17, 15) is 24.0 Å². The third kappa shape index (κ3) is 14.6. The van der Waals surface area contributed by atoms with Crippen LogP contribution < -0.4 is 9.47 Å². The Kier molecular flexibility index (Phi) is 18.8. The van der Waals surface area contributed by atoms with Gasteiger partial charge in [0.15, 0.2) is 18.5 Å². The Labute approximate surface area is 358 Å². The average Bonchev–Trinajstić information content (AvgIpc) is 3.74. The molecule has 0 aromatic heterocycles. The van der Waals surface area contributed by atoms with Gasteiger partial charge in [0.1, 0.15) is 17.6 Å². The summed E-state index contributed by atoms with van der Waals surface area (Å²) in [4.78, 5) is 62.6. The molecule has 1 aliphatic heterocycles. The molecule has 1 saturated carbocycles. The molecular formula is C48H58O13. The van der Waals surface area contributed by atoms with Crippen LogP contribution in [0.15, 0.2) is 85.5 Å². The lowest BCUT2D eigenvalue weighted by Crippen LogP contribution is -2.39. The van der Waals surface area contributed by atoms with Crippen molar-refractivity contribution in [1.29, 1.82) is 0 Å². The number of ether oxygens (including phenoxy) is 8. The van der Waals surface area contributed by atoms with E-state index in [2.05, 4.69) is 6.58 Å². The van der Waals surface area contributed by atoms with Crippen LogP contribution in [0, 0.1) is 0 Å². The molecule has 13 heteroatoms. The standard InChI is InChI=1S/C48H58O13/c1-4-7-29-56-46(52)42-43(47(53)57-30-8-5-2)61-48(60-42)37-15-13-35(14-16-37)44(50)58-39-25-17-33(18-26-39)34-19-27-40(28-20-34)59-45(51)36-21-23-38(24-22-36)54-31-11-9-10-12-32-55-41(49)6-3/h6,13-16,19-24,27-28,33,39,42-43,48H,3-5,7-12,17-18,25-26,29-32H2,1-2H3/t33?,39?,42-,43-/m1/s1. The maximum absolute atomic E-state index is 13.1. The molecule has 1 saturated heterocycles. The Hall–Kier alpha value is -5.53. The molecular weight excluding hydrogens is 785 g/mol. The van der Waals surface area contributed by atoms with Gasteiger partial charge in [0.2, 0.25) is 0 Å². The second-order valence-corrected chi connectivity index (χ2v) is 15.1. The summed E-state index contributed by atoms with van der Waals surface area (Å²) in [5.74, 6) is -1.29. The fourth-order valence-electron chi connectivity index (χ4n) is 6.91. The first kappa shape index (κ1) is 46.5. The molecule has 0 radical (unpaired) electrons. The van der Waals surface area contributed by atoms with Crippen LogP contribution >= 0.6 is 0 Å². The fraction of sp³-hybridized carbons (Fsp3) is 0.479. The van der Waals surface area contributed by atoms with Crippen LogP contribution in [-0.4, -0.2) is 74.6 Å². The second kappa shape index (κ2) is 24.7. The smallest absolute Gasteiger partial charge is 0.343 e. The molecule has 0 bridgehead atoms. The Morgan fingerprint density at radius 1 is 0.590 bits per heavy atom. The lowest BCUT2D eigenvalue weighted by Gasteiger charge is -2.28. The van der Waals surface area contributed by atoms with Gasteiger partial charge in [0.05, 0.1) is 37.6 Å². The molecule has 0 unspecified atom stereocenters. The van der Waals surface area contributed by atoms with Crippen molar-refractivity contribution in [1.82, 2.24) is 0 Å². The van der Waals surface area contributed by atoms with Gasteiger partial charge in [-0.3, -0.25) is 0 Å². The van der Waals surface area contributed by atoms with Crippen molar-refractivity contribution in [3.05, 3.63) is 108 Å². The third-order valence-corrected chi connectivity index (χ3v) is 10.5. The maximum atomic E-state index is 13.1. The molecule has 5 rings (SSSR count). The SMILES string of the molecule is C=CC(=O)OCCCCCCOc1ccc(C(=O)Oc2ccc(C3CCC(OC(=O)c4ccc(C5O[C@@H](C(=O)OCCCC)[C@H](C(=O)OCCCC)O5)cc4)CC3)cc2)cc1. The topological polar surface area (TPSA) is 159 Å². The van der Waals surface area contributed by atoms with Gasteiger partial charge in [-0.2, -0.15) is 0 Å². The van der Waals surface area contributed by atoms with Crippen LogP contribution in [0.4, 0.5) is 0 Å². The van der Waals surface area contributed by atoms with Crippen LogP contribution in [-0.2, 0) is 42.8 Å². The highest BCUT2D eigenvalue weighted by Crippen LogP contribution is 2.36. The zero-order valence-electron chi connectivity index (χ0n) is 35.2. The summed E-state index contributed by atoms with van der Waals surface area (Å²) in [5.41, 5.74) is 2.42. The first-order valence-corrected chi connectivity index (χ1v) is 21.5. The van der Waals surface area contributed by atoms with Crippen molar-refractivity contribution in [2.24, 2.45) is 0 Å². The highest BCUT2D eigenvalue weighted by Gasteiger charge is 2.47. The molecule has 61 heavy (non-hydrogen) atoms. The number of esters is 5. The van der Waals surface area contributed by atoms with Crippen molar-refractivity contribution in [3.8, 4) is 11.5 Å². The minimum Gasteiger partial charge on any atom is -0.494 e. The van der Waals surface area contributed by atoms with Crippen molar-refractivity contribution in [2.45, 2.75) is 121 Å². The molecule has 1 heterocycles. The highest BCUT2D eigenvalue weighted by molar-refractivity contribution is 5.91. The number of carbonyl (C=O) groups is 5. The fourth-order valence-corrected chi connectivity index (χ4v) is 6.91. The average molecular weight is 843 g/mol. The second-order valence-electron chi connectivity index (χ2n) is 15.1. The number of hydrogen-bond donors (Lipinski definition) is 0. The van der Waals surface area contributed by atoms with E-state index in [0.29, 0.717) is 67.1 Å². The first-order valence-electron chi connectivity index (χ1n) is 21.5. The van der Waals surface area contributed by atoms with E-state index >= 15 is 0 Å². The van der Waals surface area contributed by atoms with Crippen molar-refractivity contribution >= 4 is 29.8 Å². The quantitative estimate of drug-likeness (QED) is 0.0293. The van der Waals surface area contributed by atoms with E-state index in [1.54, 1.807) is 60.7 Å². The number of unbranched alkanes of at least 4 members (excludes halogenated alkanes) is 5. The Morgan fingerprint density at radius 3 is 1.67 bits per heavy atom. The van der Waals surface area contributed by atoms with E-state index in [1.807, 2.05) is 26.0 Å². The minimum absolute atomic E-state index is 0.210.